The molecule has 1 aliphatic rings. The maximum Gasteiger partial charge on any atom is 0.237 e. The van der Waals surface area contributed by atoms with Gasteiger partial charge in [0, 0.05) is 18.7 Å². The Balaban J connectivity index is 1.63. The van der Waals surface area contributed by atoms with Gasteiger partial charge >= 0.3 is 0 Å². The third-order valence-corrected chi connectivity index (χ3v) is 5.52. The molecule has 0 N–H and O–H groups in total. The summed E-state index contributed by atoms with van der Waals surface area (Å²) in [6.07, 6.45) is 3.62. The normalized spacial score (nSPS) is 15.7. The number of hydrogen-bond donors (Lipinski definition) is 0. The molecule has 2 aromatic carbocycles. The first-order chi connectivity index (χ1) is 15.0. The topological polar surface area (TPSA) is 51.2 Å². The number of hydrogen-bond acceptors (Lipinski definition) is 5. The lowest BCUT2D eigenvalue weighted by molar-refractivity contribution is -0.133. The Morgan fingerprint density at radius 2 is 1.90 bits per heavy atom. The second-order valence-electron chi connectivity index (χ2n) is 7.77. The number of methoxy groups -OCH3 is 2. The molecule has 0 spiro atoms. The molecule has 2 aromatic rings. The second kappa shape index (κ2) is 10.9. The molecular weight excluding hydrogens is 392 g/mol. The number of ether oxygens (including phenoxy) is 3. The molecule has 6 nitrogen and oxygen atoms in total. The Morgan fingerprint density at radius 3 is 2.58 bits per heavy atom. The molecule has 0 saturated carbocycles. The fourth-order valence-corrected chi connectivity index (χ4v) is 4.02. The zero-order chi connectivity index (χ0) is 22.2. The van der Waals surface area contributed by atoms with Gasteiger partial charge < -0.3 is 19.1 Å². The number of likely N-dealkylation sites (tertiary alicyclic amines) is 1. The molecule has 1 aliphatic heterocycles. The Hall–Kier alpha value is -2.99. The van der Waals surface area contributed by atoms with E-state index in [1.807, 2.05) is 59.3 Å². The number of amides is 1. The summed E-state index contributed by atoms with van der Waals surface area (Å²) >= 11 is 0. The summed E-state index contributed by atoms with van der Waals surface area (Å²) in [5.41, 5.74) is 2.14. The first kappa shape index (κ1) is 22.7. The molecule has 0 radical (unpaired) electrons. The Bertz CT molecular complexity index is 882. The molecular formula is C25H32N2O4. The largest absolute Gasteiger partial charge is 0.497 e. The Labute approximate surface area is 185 Å². The van der Waals surface area contributed by atoms with Crippen molar-refractivity contribution in [3.8, 4) is 17.2 Å². The number of nitrogens with zero attached hydrogens (tertiary/aromatic N) is 2. The van der Waals surface area contributed by atoms with E-state index in [2.05, 4.69) is 6.58 Å². The van der Waals surface area contributed by atoms with Gasteiger partial charge in [0.1, 0.15) is 23.9 Å². The Morgan fingerprint density at radius 1 is 1.16 bits per heavy atom. The lowest BCUT2D eigenvalue weighted by Crippen LogP contribution is -2.38. The molecule has 1 fully saturated rings. The first-order valence-electron chi connectivity index (χ1n) is 10.6. The predicted octanol–water partition coefficient (Wildman–Crippen LogP) is 4.06. The van der Waals surface area contributed by atoms with E-state index < -0.39 is 0 Å². The fourth-order valence-electron chi connectivity index (χ4n) is 4.02. The minimum Gasteiger partial charge on any atom is -0.497 e. The highest BCUT2D eigenvalue weighted by molar-refractivity contribution is 5.79. The number of carbonyl (C=O) groups excluding carboxylic acids is 1. The summed E-state index contributed by atoms with van der Waals surface area (Å²) in [7, 11) is 5.28. The van der Waals surface area contributed by atoms with Crippen LogP contribution in [-0.4, -0.2) is 56.7 Å². The molecule has 166 valence electrons. The zero-order valence-corrected chi connectivity index (χ0v) is 18.7. The van der Waals surface area contributed by atoms with Crippen LogP contribution in [0.2, 0.25) is 0 Å². The third-order valence-electron chi connectivity index (χ3n) is 5.52. The van der Waals surface area contributed by atoms with Crippen LogP contribution in [0.4, 0.5) is 0 Å². The molecule has 1 amide bonds. The quantitative estimate of drug-likeness (QED) is 0.538. The van der Waals surface area contributed by atoms with Gasteiger partial charge in [-0.3, -0.25) is 9.69 Å². The van der Waals surface area contributed by atoms with Crippen molar-refractivity contribution in [2.45, 2.75) is 25.4 Å². The van der Waals surface area contributed by atoms with Crippen molar-refractivity contribution in [2.24, 2.45) is 0 Å². The van der Waals surface area contributed by atoms with Crippen LogP contribution in [0.25, 0.3) is 0 Å². The number of likely N-dealkylation sites (N-methyl/N-ethyl adjacent to an activating group) is 1. The van der Waals surface area contributed by atoms with Crippen molar-refractivity contribution in [3.63, 3.8) is 0 Å². The highest BCUT2D eigenvalue weighted by atomic mass is 16.5. The van der Waals surface area contributed by atoms with E-state index in [0.717, 1.165) is 47.8 Å². The van der Waals surface area contributed by atoms with E-state index >= 15 is 0 Å². The highest BCUT2D eigenvalue weighted by Gasteiger charge is 2.32. The molecule has 0 aliphatic carbocycles. The summed E-state index contributed by atoms with van der Waals surface area (Å²) in [4.78, 5) is 17.2. The average Bonchev–Trinajstić information content (AvgIpc) is 3.28. The van der Waals surface area contributed by atoms with Crippen LogP contribution in [0, 0.1) is 0 Å². The van der Waals surface area contributed by atoms with E-state index in [1.54, 1.807) is 20.3 Å². The van der Waals surface area contributed by atoms with Crippen LogP contribution in [0.5, 0.6) is 17.2 Å². The summed E-state index contributed by atoms with van der Waals surface area (Å²) in [6.45, 7) is 5.95. The van der Waals surface area contributed by atoms with Crippen molar-refractivity contribution in [1.29, 1.82) is 0 Å². The zero-order valence-electron chi connectivity index (χ0n) is 18.7. The summed E-state index contributed by atoms with van der Waals surface area (Å²) < 4.78 is 16.5. The molecule has 0 aromatic heterocycles. The molecule has 1 saturated heterocycles. The van der Waals surface area contributed by atoms with Gasteiger partial charge in [-0.2, -0.15) is 0 Å². The van der Waals surface area contributed by atoms with Crippen LogP contribution >= 0.6 is 0 Å². The SMILES string of the molecule is C=CCOc1ccc(CN(C)CC(=O)N2CCC[C@H]2c2cc(OC)ccc2OC)cc1. The summed E-state index contributed by atoms with van der Waals surface area (Å²) in [6, 6.07) is 13.7. The second-order valence-corrected chi connectivity index (χ2v) is 7.77. The molecule has 3 rings (SSSR count). The summed E-state index contributed by atoms with van der Waals surface area (Å²) in [5.74, 6) is 2.50. The maximum atomic E-state index is 13.1. The molecule has 1 atom stereocenters. The van der Waals surface area contributed by atoms with Crippen molar-refractivity contribution >= 4 is 5.91 Å². The van der Waals surface area contributed by atoms with E-state index in [-0.39, 0.29) is 11.9 Å². The van der Waals surface area contributed by atoms with Crippen molar-refractivity contribution in [2.75, 3.05) is 41.0 Å². The van der Waals surface area contributed by atoms with Crippen LogP contribution in [0.1, 0.15) is 30.0 Å². The molecule has 0 bridgehead atoms. The van der Waals surface area contributed by atoms with Gasteiger partial charge in [0.05, 0.1) is 26.8 Å². The number of benzene rings is 2. The van der Waals surface area contributed by atoms with Gasteiger partial charge in [0.2, 0.25) is 5.91 Å². The van der Waals surface area contributed by atoms with E-state index in [4.69, 9.17) is 14.2 Å². The average molecular weight is 425 g/mol. The minimum absolute atomic E-state index is 0.00671. The molecule has 1 heterocycles. The lowest BCUT2D eigenvalue weighted by atomic mass is 10.0. The first-order valence-corrected chi connectivity index (χ1v) is 10.6. The monoisotopic (exact) mass is 424 g/mol. The lowest BCUT2D eigenvalue weighted by Gasteiger charge is -2.28. The fraction of sp³-hybridized carbons (Fsp3) is 0.400. The van der Waals surface area contributed by atoms with Crippen molar-refractivity contribution < 1.29 is 19.0 Å². The Kier molecular flexibility index (Phi) is 7.95. The van der Waals surface area contributed by atoms with Crippen molar-refractivity contribution in [3.05, 3.63) is 66.2 Å². The summed E-state index contributed by atoms with van der Waals surface area (Å²) in [5, 5.41) is 0. The minimum atomic E-state index is 0.00671. The van der Waals surface area contributed by atoms with E-state index in [9.17, 15) is 4.79 Å². The predicted molar refractivity (Wildman–Crippen MR) is 122 cm³/mol. The third kappa shape index (κ3) is 5.79. The molecule has 31 heavy (non-hydrogen) atoms. The van der Waals surface area contributed by atoms with Gasteiger partial charge in [-0.25, -0.2) is 0 Å². The van der Waals surface area contributed by atoms with Gasteiger partial charge in [0.25, 0.3) is 0 Å². The van der Waals surface area contributed by atoms with E-state index in [1.165, 1.54) is 0 Å². The van der Waals surface area contributed by atoms with Gasteiger partial charge in [0.15, 0.2) is 0 Å². The maximum absolute atomic E-state index is 13.1. The molecule has 0 unspecified atom stereocenters. The van der Waals surface area contributed by atoms with Gasteiger partial charge in [-0.05, 0) is 55.8 Å². The van der Waals surface area contributed by atoms with Crippen LogP contribution in [0.15, 0.2) is 55.1 Å². The molecule has 6 heteroatoms. The van der Waals surface area contributed by atoms with Crippen LogP contribution < -0.4 is 14.2 Å². The van der Waals surface area contributed by atoms with Crippen LogP contribution in [-0.2, 0) is 11.3 Å². The van der Waals surface area contributed by atoms with Gasteiger partial charge in [-0.1, -0.05) is 24.8 Å². The smallest absolute Gasteiger partial charge is 0.237 e. The van der Waals surface area contributed by atoms with Gasteiger partial charge in [-0.15, -0.1) is 0 Å². The van der Waals surface area contributed by atoms with Crippen molar-refractivity contribution in [1.82, 2.24) is 9.80 Å². The van der Waals surface area contributed by atoms with Crippen LogP contribution in [0.3, 0.4) is 0 Å². The highest BCUT2D eigenvalue weighted by Crippen LogP contribution is 2.39. The van der Waals surface area contributed by atoms with E-state index in [0.29, 0.717) is 19.7 Å². The number of carbonyl (C=O) groups is 1. The number of rotatable bonds is 10. The standard InChI is InChI=1S/C25H32N2O4/c1-5-15-31-20-10-8-19(9-11-20)17-26(2)18-25(28)27-14-6-7-23(27)22-16-21(29-3)12-13-24(22)30-4/h5,8-13,16,23H,1,6-7,14-15,17-18H2,2-4H3/t23-/m0/s1.